The van der Waals surface area contributed by atoms with Gasteiger partial charge in [0.15, 0.2) is 17.6 Å². The molecule has 0 radical (unpaired) electrons. The number of carbonyl (C=O) groups is 1. The van der Waals surface area contributed by atoms with Crippen LogP contribution < -0.4 is 14.2 Å². The monoisotopic (exact) mass is 413 g/mol. The van der Waals surface area contributed by atoms with Crippen molar-refractivity contribution in [2.24, 2.45) is 0 Å². The van der Waals surface area contributed by atoms with E-state index in [-0.39, 0.29) is 18.6 Å². The smallest absolute Gasteiger partial charge is 0.304 e. The van der Waals surface area contributed by atoms with Crippen LogP contribution in [0.2, 0.25) is 0 Å². The van der Waals surface area contributed by atoms with Crippen molar-refractivity contribution >= 4 is 5.97 Å². The topological polar surface area (TPSA) is 77.5 Å². The molecular formula is C23H27NO6. The lowest BCUT2D eigenvalue weighted by Crippen LogP contribution is -2.39. The Morgan fingerprint density at radius 3 is 2.87 bits per heavy atom. The van der Waals surface area contributed by atoms with Crippen LogP contribution in [0.5, 0.6) is 17.2 Å². The van der Waals surface area contributed by atoms with E-state index in [1.54, 1.807) is 0 Å². The molecule has 7 nitrogen and oxygen atoms in total. The number of ether oxygens (including phenoxy) is 4. The van der Waals surface area contributed by atoms with E-state index in [1.807, 2.05) is 49.4 Å². The summed E-state index contributed by atoms with van der Waals surface area (Å²) >= 11 is 0. The predicted molar refractivity (Wildman–Crippen MR) is 110 cm³/mol. The van der Waals surface area contributed by atoms with Gasteiger partial charge in [-0.2, -0.15) is 0 Å². The highest BCUT2D eigenvalue weighted by Gasteiger charge is 2.24. The van der Waals surface area contributed by atoms with Gasteiger partial charge in [0.05, 0.1) is 19.1 Å². The Bertz CT molecular complexity index is 886. The lowest BCUT2D eigenvalue weighted by molar-refractivity contribution is -0.137. The molecule has 2 heterocycles. The number of aliphatic carboxylic acids is 1. The zero-order chi connectivity index (χ0) is 20.9. The van der Waals surface area contributed by atoms with Crippen LogP contribution in [-0.4, -0.2) is 61.5 Å². The molecule has 0 saturated carbocycles. The van der Waals surface area contributed by atoms with Crippen molar-refractivity contribution < 1.29 is 28.8 Å². The highest BCUT2D eigenvalue weighted by Crippen LogP contribution is 2.31. The van der Waals surface area contributed by atoms with Gasteiger partial charge in [0.1, 0.15) is 19.0 Å². The molecule has 2 unspecified atom stereocenters. The summed E-state index contributed by atoms with van der Waals surface area (Å²) < 4.78 is 23.6. The second kappa shape index (κ2) is 9.36. The fourth-order valence-corrected chi connectivity index (χ4v) is 3.78. The van der Waals surface area contributed by atoms with Gasteiger partial charge >= 0.3 is 5.97 Å². The number of rotatable bonds is 7. The molecule has 7 heteroatoms. The summed E-state index contributed by atoms with van der Waals surface area (Å²) in [4.78, 5) is 13.0. The molecule has 4 rings (SSSR count). The van der Waals surface area contributed by atoms with E-state index < -0.39 is 5.97 Å². The first-order valence-electron chi connectivity index (χ1n) is 10.3. The third-order valence-electron chi connectivity index (χ3n) is 5.38. The van der Waals surface area contributed by atoms with Gasteiger partial charge in [-0.05, 0) is 42.3 Å². The first-order chi connectivity index (χ1) is 14.6. The molecule has 2 aliphatic heterocycles. The van der Waals surface area contributed by atoms with Crippen LogP contribution in [0.3, 0.4) is 0 Å². The average Bonchev–Trinajstić information content (AvgIpc) is 2.76. The van der Waals surface area contributed by atoms with E-state index in [4.69, 9.17) is 24.1 Å². The molecule has 0 aromatic heterocycles. The van der Waals surface area contributed by atoms with Crippen molar-refractivity contribution in [2.75, 3.05) is 39.5 Å². The number of carboxylic acid groups (broad SMARTS) is 1. The Labute approximate surface area is 176 Å². The van der Waals surface area contributed by atoms with Crippen LogP contribution in [0, 0.1) is 6.92 Å². The second-order valence-corrected chi connectivity index (χ2v) is 7.63. The van der Waals surface area contributed by atoms with Crippen molar-refractivity contribution in [1.82, 2.24) is 4.90 Å². The van der Waals surface area contributed by atoms with Gasteiger partial charge in [-0.1, -0.05) is 18.2 Å². The molecule has 160 valence electrons. The van der Waals surface area contributed by atoms with Gasteiger partial charge < -0.3 is 24.1 Å². The summed E-state index contributed by atoms with van der Waals surface area (Å²) in [6.07, 6.45) is -0.0758. The Morgan fingerprint density at radius 1 is 1.23 bits per heavy atom. The number of nitrogens with zero attached hydrogens (tertiary/aromatic N) is 1. The Balaban J connectivity index is 1.32. The molecule has 30 heavy (non-hydrogen) atoms. The molecule has 1 saturated heterocycles. The number of morpholine rings is 1. The number of hydrogen-bond donors (Lipinski definition) is 1. The summed E-state index contributed by atoms with van der Waals surface area (Å²) in [6, 6.07) is 13.6. The highest BCUT2D eigenvalue weighted by molar-refractivity contribution is 5.66. The van der Waals surface area contributed by atoms with Gasteiger partial charge in [0.2, 0.25) is 0 Å². The maximum atomic E-state index is 10.8. The lowest BCUT2D eigenvalue weighted by Gasteiger charge is -2.33. The second-order valence-electron chi connectivity index (χ2n) is 7.63. The minimum absolute atomic E-state index is 0.0619. The summed E-state index contributed by atoms with van der Waals surface area (Å²) in [6.45, 7) is 5.49. The molecule has 2 atom stereocenters. The molecule has 2 aromatic rings. The molecule has 1 fully saturated rings. The number of benzene rings is 2. The number of fused-ring (bicyclic) bond motifs is 1. The molecule has 2 aliphatic rings. The SMILES string of the molecule is Cc1cc(OCC2COc3ccccc3O2)ccc1C1CN(CCC(=O)O)CCO1. The summed E-state index contributed by atoms with van der Waals surface area (Å²) in [5.41, 5.74) is 2.19. The standard InChI is InChI=1S/C23H27NO6/c1-16-12-17(28-14-18-15-29-20-4-2-3-5-21(20)30-18)6-7-19(16)22-13-24(10-11-27-22)9-8-23(25)26/h2-7,12,18,22H,8-11,13-15H2,1H3,(H,25,26). The maximum Gasteiger partial charge on any atom is 0.304 e. The molecule has 0 bridgehead atoms. The molecular weight excluding hydrogens is 386 g/mol. The highest BCUT2D eigenvalue weighted by atomic mass is 16.6. The summed E-state index contributed by atoms with van der Waals surface area (Å²) in [7, 11) is 0. The van der Waals surface area contributed by atoms with Gasteiger partial charge in [-0.3, -0.25) is 9.69 Å². The molecule has 0 aliphatic carbocycles. The van der Waals surface area contributed by atoms with Crippen LogP contribution in [0.1, 0.15) is 23.7 Å². The minimum Gasteiger partial charge on any atom is -0.490 e. The first-order valence-corrected chi connectivity index (χ1v) is 10.3. The van der Waals surface area contributed by atoms with E-state index in [0.717, 1.165) is 34.9 Å². The van der Waals surface area contributed by atoms with Crippen molar-refractivity contribution in [1.29, 1.82) is 0 Å². The zero-order valence-electron chi connectivity index (χ0n) is 17.1. The number of carboxylic acids is 1. The van der Waals surface area contributed by atoms with E-state index in [9.17, 15) is 4.79 Å². The number of hydrogen-bond acceptors (Lipinski definition) is 6. The van der Waals surface area contributed by atoms with Gasteiger partial charge in [-0.25, -0.2) is 0 Å². The van der Waals surface area contributed by atoms with E-state index in [2.05, 4.69) is 4.90 Å². The van der Waals surface area contributed by atoms with Crippen LogP contribution in [-0.2, 0) is 9.53 Å². The normalized spacial score (nSPS) is 21.2. The zero-order valence-corrected chi connectivity index (χ0v) is 17.1. The fourth-order valence-electron chi connectivity index (χ4n) is 3.78. The van der Waals surface area contributed by atoms with Crippen LogP contribution >= 0.6 is 0 Å². The molecule has 0 amide bonds. The minimum atomic E-state index is -0.772. The molecule has 2 aromatic carbocycles. The van der Waals surface area contributed by atoms with Crippen LogP contribution in [0.4, 0.5) is 0 Å². The van der Waals surface area contributed by atoms with Crippen molar-refractivity contribution in [3.8, 4) is 17.2 Å². The quantitative estimate of drug-likeness (QED) is 0.747. The Hall–Kier alpha value is -2.77. The van der Waals surface area contributed by atoms with E-state index in [1.165, 1.54) is 0 Å². The van der Waals surface area contributed by atoms with E-state index >= 15 is 0 Å². The van der Waals surface area contributed by atoms with Crippen LogP contribution in [0.15, 0.2) is 42.5 Å². The Kier molecular flexibility index (Phi) is 6.40. The summed E-state index contributed by atoms with van der Waals surface area (Å²) in [5.74, 6) is 1.51. The average molecular weight is 413 g/mol. The summed E-state index contributed by atoms with van der Waals surface area (Å²) in [5, 5.41) is 8.91. The third-order valence-corrected chi connectivity index (χ3v) is 5.38. The lowest BCUT2D eigenvalue weighted by atomic mass is 10.0. The van der Waals surface area contributed by atoms with Crippen molar-refractivity contribution in [2.45, 2.75) is 25.6 Å². The number of aryl methyl sites for hydroxylation is 1. The van der Waals surface area contributed by atoms with E-state index in [0.29, 0.717) is 32.9 Å². The first kappa shape index (κ1) is 20.5. The van der Waals surface area contributed by atoms with Gasteiger partial charge in [0.25, 0.3) is 0 Å². The van der Waals surface area contributed by atoms with Crippen LogP contribution in [0.25, 0.3) is 0 Å². The van der Waals surface area contributed by atoms with Gasteiger partial charge in [0, 0.05) is 19.6 Å². The Morgan fingerprint density at radius 2 is 2.07 bits per heavy atom. The third kappa shape index (κ3) is 5.04. The largest absolute Gasteiger partial charge is 0.490 e. The maximum absolute atomic E-state index is 10.8. The van der Waals surface area contributed by atoms with Crippen molar-refractivity contribution in [3.05, 3.63) is 53.6 Å². The molecule has 1 N–H and O–H groups in total. The fraction of sp³-hybridized carbons (Fsp3) is 0.435. The predicted octanol–water partition coefficient (Wildman–Crippen LogP) is 3.06. The van der Waals surface area contributed by atoms with Gasteiger partial charge in [-0.15, -0.1) is 0 Å². The van der Waals surface area contributed by atoms with Crippen molar-refractivity contribution in [3.63, 3.8) is 0 Å². The number of para-hydroxylation sites is 2. The molecule has 0 spiro atoms.